The summed E-state index contributed by atoms with van der Waals surface area (Å²) in [4.78, 5) is 11.8. The molecule has 0 aliphatic heterocycles. The lowest BCUT2D eigenvalue weighted by molar-refractivity contribution is -0.144. The van der Waals surface area contributed by atoms with Crippen LogP contribution in [0.15, 0.2) is 35.2 Å². The van der Waals surface area contributed by atoms with Crippen LogP contribution in [0.2, 0.25) is 0 Å². The highest BCUT2D eigenvalue weighted by Gasteiger charge is 2.30. The molecule has 0 aromatic heterocycles. The van der Waals surface area contributed by atoms with E-state index in [-0.39, 0.29) is 17.0 Å². The molecule has 1 aromatic rings. The zero-order chi connectivity index (χ0) is 18.5. The van der Waals surface area contributed by atoms with Crippen LogP contribution in [0.3, 0.4) is 0 Å². The van der Waals surface area contributed by atoms with Gasteiger partial charge in [0.05, 0.1) is 11.3 Å². The molecule has 0 spiro atoms. The molecular formula is C16H21F3N2O3S. The fourth-order valence-corrected chi connectivity index (χ4v) is 4.17. The van der Waals surface area contributed by atoms with Gasteiger partial charge in [-0.2, -0.15) is 13.2 Å². The van der Waals surface area contributed by atoms with Gasteiger partial charge in [0, 0.05) is 18.5 Å². The molecule has 1 fully saturated rings. The molecule has 1 saturated carbocycles. The SMILES string of the molecule is O=C(CCC(F)(F)F)N[C@@H]1CCC[C@@H](NS(=O)(=O)c2ccccc2)C1. The van der Waals surface area contributed by atoms with Crippen molar-refractivity contribution in [3.63, 3.8) is 0 Å². The molecule has 0 unspecified atom stereocenters. The average molecular weight is 378 g/mol. The Balaban J connectivity index is 1.87. The van der Waals surface area contributed by atoms with Gasteiger partial charge in [-0.05, 0) is 37.8 Å². The third kappa shape index (κ3) is 6.66. The summed E-state index contributed by atoms with van der Waals surface area (Å²) in [5, 5.41) is 2.57. The Bertz CT molecular complexity index is 678. The van der Waals surface area contributed by atoms with Gasteiger partial charge in [0.15, 0.2) is 0 Å². The van der Waals surface area contributed by atoms with Crippen LogP contribution in [-0.2, 0) is 14.8 Å². The van der Waals surface area contributed by atoms with E-state index in [1.807, 2.05) is 0 Å². The highest BCUT2D eigenvalue weighted by atomic mass is 32.2. The van der Waals surface area contributed by atoms with Crippen molar-refractivity contribution in [1.29, 1.82) is 0 Å². The second-order valence-corrected chi connectivity index (χ2v) is 7.89. The number of sulfonamides is 1. The lowest BCUT2D eigenvalue weighted by Crippen LogP contribution is -2.45. The number of hydrogen-bond donors (Lipinski definition) is 2. The third-order valence-corrected chi connectivity index (χ3v) is 5.59. The first-order valence-corrected chi connectivity index (χ1v) is 9.57. The Hall–Kier alpha value is -1.61. The van der Waals surface area contributed by atoms with Gasteiger partial charge in [0.1, 0.15) is 0 Å². The maximum Gasteiger partial charge on any atom is 0.389 e. The molecule has 1 aliphatic carbocycles. The number of benzene rings is 1. The third-order valence-electron chi connectivity index (χ3n) is 4.05. The second-order valence-electron chi connectivity index (χ2n) is 6.18. The lowest BCUT2D eigenvalue weighted by Gasteiger charge is -2.30. The number of alkyl halides is 3. The number of nitrogens with one attached hydrogen (secondary N) is 2. The standard InChI is InChI=1S/C16H21F3N2O3S/c17-16(18,19)10-9-15(22)20-12-5-4-6-13(11-12)21-25(23,24)14-7-2-1-3-8-14/h1-3,7-8,12-13,21H,4-6,9-11H2,(H,20,22)/t12-,13-/m1/s1. The number of carbonyl (C=O) groups is 1. The van der Waals surface area contributed by atoms with Gasteiger partial charge in [-0.15, -0.1) is 0 Å². The molecule has 2 N–H and O–H groups in total. The van der Waals surface area contributed by atoms with Crippen LogP contribution in [0.4, 0.5) is 13.2 Å². The summed E-state index contributed by atoms with van der Waals surface area (Å²) in [6, 6.07) is 7.26. The first-order chi connectivity index (χ1) is 11.7. The van der Waals surface area contributed by atoms with E-state index in [1.54, 1.807) is 18.2 Å². The van der Waals surface area contributed by atoms with Crippen molar-refractivity contribution < 1.29 is 26.4 Å². The first kappa shape index (κ1) is 19.7. The quantitative estimate of drug-likeness (QED) is 0.799. The van der Waals surface area contributed by atoms with E-state index in [1.165, 1.54) is 12.1 Å². The second kappa shape index (κ2) is 8.18. The molecule has 0 saturated heterocycles. The van der Waals surface area contributed by atoms with Crippen LogP contribution < -0.4 is 10.0 Å². The largest absolute Gasteiger partial charge is 0.389 e. The van der Waals surface area contributed by atoms with Crippen molar-refractivity contribution in [3.05, 3.63) is 30.3 Å². The molecule has 5 nitrogen and oxygen atoms in total. The van der Waals surface area contributed by atoms with E-state index in [4.69, 9.17) is 0 Å². The fraction of sp³-hybridized carbons (Fsp3) is 0.562. The monoisotopic (exact) mass is 378 g/mol. The van der Waals surface area contributed by atoms with Crippen molar-refractivity contribution in [2.24, 2.45) is 0 Å². The van der Waals surface area contributed by atoms with E-state index in [9.17, 15) is 26.4 Å². The topological polar surface area (TPSA) is 75.3 Å². The van der Waals surface area contributed by atoms with Crippen molar-refractivity contribution in [3.8, 4) is 0 Å². The summed E-state index contributed by atoms with van der Waals surface area (Å²) in [5.74, 6) is -0.658. The van der Waals surface area contributed by atoms with Crippen LogP contribution in [-0.4, -0.2) is 32.6 Å². The summed E-state index contributed by atoms with van der Waals surface area (Å²) >= 11 is 0. The van der Waals surface area contributed by atoms with Crippen molar-refractivity contribution in [2.45, 2.75) is 61.7 Å². The van der Waals surface area contributed by atoms with Crippen LogP contribution in [0.25, 0.3) is 0 Å². The minimum atomic E-state index is -4.36. The predicted octanol–water partition coefficient (Wildman–Crippen LogP) is 2.73. The summed E-state index contributed by atoms with van der Waals surface area (Å²) in [6.07, 6.45) is -3.83. The first-order valence-electron chi connectivity index (χ1n) is 8.09. The molecule has 2 rings (SSSR count). The molecule has 9 heteroatoms. The van der Waals surface area contributed by atoms with Gasteiger partial charge in [-0.25, -0.2) is 13.1 Å². The summed E-state index contributed by atoms with van der Waals surface area (Å²) in [6.45, 7) is 0. The van der Waals surface area contributed by atoms with Gasteiger partial charge in [-0.1, -0.05) is 18.2 Å². The molecule has 0 radical (unpaired) electrons. The summed E-state index contributed by atoms with van der Waals surface area (Å²) < 4.78 is 63.7. The predicted molar refractivity (Wildman–Crippen MR) is 86.2 cm³/mol. The van der Waals surface area contributed by atoms with Gasteiger partial charge in [0.25, 0.3) is 0 Å². The van der Waals surface area contributed by atoms with E-state index in [0.717, 1.165) is 0 Å². The number of hydrogen-bond acceptors (Lipinski definition) is 3. The van der Waals surface area contributed by atoms with Crippen LogP contribution in [0.1, 0.15) is 38.5 Å². The highest BCUT2D eigenvalue weighted by molar-refractivity contribution is 7.89. The Morgan fingerprint density at radius 3 is 2.40 bits per heavy atom. The highest BCUT2D eigenvalue weighted by Crippen LogP contribution is 2.23. The molecule has 25 heavy (non-hydrogen) atoms. The maximum atomic E-state index is 12.3. The molecule has 1 amide bonds. The smallest absolute Gasteiger partial charge is 0.353 e. The summed E-state index contributed by atoms with van der Waals surface area (Å²) in [7, 11) is -3.65. The van der Waals surface area contributed by atoms with Crippen LogP contribution in [0.5, 0.6) is 0 Å². The fourth-order valence-electron chi connectivity index (χ4n) is 2.87. The van der Waals surface area contributed by atoms with E-state index in [0.29, 0.717) is 25.7 Å². The zero-order valence-corrected chi connectivity index (χ0v) is 14.4. The normalized spacial score (nSPS) is 21.7. The number of carbonyl (C=O) groups excluding carboxylic acids is 1. The average Bonchev–Trinajstić information content (AvgIpc) is 2.53. The van der Waals surface area contributed by atoms with E-state index in [2.05, 4.69) is 10.0 Å². The van der Waals surface area contributed by atoms with Crippen LogP contribution >= 0.6 is 0 Å². The Morgan fingerprint density at radius 1 is 1.12 bits per heavy atom. The Labute approximate surface area is 145 Å². The number of halogens is 3. The number of rotatable bonds is 6. The minimum Gasteiger partial charge on any atom is -0.353 e. The molecule has 140 valence electrons. The van der Waals surface area contributed by atoms with Crippen molar-refractivity contribution >= 4 is 15.9 Å². The van der Waals surface area contributed by atoms with Gasteiger partial charge in [-0.3, -0.25) is 4.79 Å². The van der Waals surface area contributed by atoms with Crippen molar-refractivity contribution in [1.82, 2.24) is 10.0 Å². The summed E-state index contributed by atoms with van der Waals surface area (Å²) in [5.41, 5.74) is 0. The zero-order valence-electron chi connectivity index (χ0n) is 13.6. The van der Waals surface area contributed by atoms with E-state index >= 15 is 0 Å². The molecule has 0 bridgehead atoms. The van der Waals surface area contributed by atoms with Crippen LogP contribution in [0, 0.1) is 0 Å². The number of amides is 1. The molecule has 1 aliphatic rings. The lowest BCUT2D eigenvalue weighted by atomic mass is 9.91. The minimum absolute atomic E-state index is 0.159. The molecule has 1 aromatic carbocycles. The Morgan fingerprint density at radius 2 is 1.76 bits per heavy atom. The van der Waals surface area contributed by atoms with E-state index < -0.39 is 34.9 Å². The van der Waals surface area contributed by atoms with Crippen molar-refractivity contribution in [2.75, 3.05) is 0 Å². The van der Waals surface area contributed by atoms with Gasteiger partial charge in [0.2, 0.25) is 15.9 Å². The molecule has 0 heterocycles. The van der Waals surface area contributed by atoms with Gasteiger partial charge >= 0.3 is 6.18 Å². The maximum absolute atomic E-state index is 12.3. The molecule has 2 atom stereocenters. The van der Waals surface area contributed by atoms with Gasteiger partial charge < -0.3 is 5.32 Å². The Kier molecular flexibility index (Phi) is 6.45. The molecular weight excluding hydrogens is 357 g/mol.